The van der Waals surface area contributed by atoms with Gasteiger partial charge in [-0.15, -0.1) is 6.58 Å². The summed E-state index contributed by atoms with van der Waals surface area (Å²) in [7, 11) is 1.81. The molecule has 2 aromatic rings. The van der Waals surface area contributed by atoms with Gasteiger partial charge in [0.15, 0.2) is 11.2 Å². The molecule has 0 unspecified atom stereocenters. The van der Waals surface area contributed by atoms with Crippen molar-refractivity contribution in [3.8, 4) is 0 Å². The number of carbonyl (C=O) groups is 1. The van der Waals surface area contributed by atoms with Gasteiger partial charge in [0.05, 0.1) is 13.1 Å². The summed E-state index contributed by atoms with van der Waals surface area (Å²) in [6, 6.07) is 0. The van der Waals surface area contributed by atoms with E-state index >= 15 is 0 Å². The normalized spacial score (nSPS) is 15.5. The first-order chi connectivity index (χ1) is 14.4. The lowest BCUT2D eigenvalue weighted by atomic mass is 10.3. The highest BCUT2D eigenvalue weighted by molar-refractivity contribution is 5.78. The zero-order valence-corrected chi connectivity index (χ0v) is 17.8. The van der Waals surface area contributed by atoms with Crippen LogP contribution in [0.2, 0.25) is 0 Å². The zero-order chi connectivity index (χ0) is 21.7. The van der Waals surface area contributed by atoms with Gasteiger partial charge in [-0.05, 0) is 6.42 Å². The number of imidazole rings is 1. The molecule has 0 spiro atoms. The van der Waals surface area contributed by atoms with Crippen LogP contribution >= 0.6 is 0 Å². The first-order valence-electron chi connectivity index (χ1n) is 10.4. The zero-order valence-electron chi connectivity index (χ0n) is 17.8. The van der Waals surface area contributed by atoms with Gasteiger partial charge in [0, 0.05) is 46.3 Å². The van der Waals surface area contributed by atoms with E-state index in [0.29, 0.717) is 37.3 Å². The van der Waals surface area contributed by atoms with E-state index in [1.807, 2.05) is 7.05 Å². The topological polar surface area (TPSA) is 108 Å². The van der Waals surface area contributed by atoms with Gasteiger partial charge in [-0.3, -0.25) is 28.9 Å². The minimum atomic E-state index is -0.408. The van der Waals surface area contributed by atoms with Crippen LogP contribution in [0.4, 0.5) is 0 Å². The maximum absolute atomic E-state index is 12.4. The number of amides is 1. The van der Waals surface area contributed by atoms with Crippen LogP contribution in [0.1, 0.15) is 25.6 Å². The van der Waals surface area contributed by atoms with Gasteiger partial charge < -0.3 is 9.88 Å². The number of aromatic amines is 1. The number of unbranched alkanes of at least 4 members (excludes halogenated alkanes) is 1. The smallest absolute Gasteiger partial charge is 0.330 e. The second kappa shape index (κ2) is 9.86. The van der Waals surface area contributed by atoms with Gasteiger partial charge in [-0.1, -0.05) is 19.4 Å². The number of aromatic nitrogens is 4. The minimum absolute atomic E-state index is 0.00276. The Balaban J connectivity index is 1.70. The molecule has 0 saturated carbocycles. The Morgan fingerprint density at radius 1 is 1.23 bits per heavy atom. The number of H-pyrrole nitrogens is 1. The molecule has 0 atom stereocenters. The van der Waals surface area contributed by atoms with E-state index in [4.69, 9.17) is 0 Å². The third-order valence-electron chi connectivity index (χ3n) is 5.48. The molecule has 1 aliphatic rings. The average molecular weight is 418 g/mol. The molecule has 2 N–H and O–H groups in total. The largest absolute Gasteiger partial charge is 0.352 e. The number of hydrogen-bond donors (Lipinski definition) is 2. The highest BCUT2D eigenvalue weighted by Gasteiger charge is 2.22. The van der Waals surface area contributed by atoms with Crippen molar-refractivity contribution in [2.75, 3.05) is 39.3 Å². The van der Waals surface area contributed by atoms with Gasteiger partial charge in [-0.25, -0.2) is 9.78 Å². The van der Waals surface area contributed by atoms with Crippen LogP contribution in [0.15, 0.2) is 22.2 Å². The summed E-state index contributed by atoms with van der Waals surface area (Å²) in [5.74, 6) is 0.756. The SMILES string of the molecule is C=CCNC(=O)CN1CCN(Cc2nc3c(c(=O)[nH]c(=O)n3CCCC)n2C)CC1. The summed E-state index contributed by atoms with van der Waals surface area (Å²) in [6.45, 7) is 10.8. The number of nitrogens with zero attached hydrogens (tertiary/aromatic N) is 5. The van der Waals surface area contributed by atoms with Crippen LogP contribution < -0.4 is 16.6 Å². The molecule has 30 heavy (non-hydrogen) atoms. The van der Waals surface area contributed by atoms with Gasteiger partial charge in [0.25, 0.3) is 5.56 Å². The maximum atomic E-state index is 12.4. The molecule has 1 amide bonds. The van der Waals surface area contributed by atoms with Crippen LogP contribution in [-0.2, 0) is 24.9 Å². The highest BCUT2D eigenvalue weighted by Crippen LogP contribution is 2.13. The second-order valence-electron chi connectivity index (χ2n) is 7.67. The van der Waals surface area contributed by atoms with Crippen LogP contribution in [0.3, 0.4) is 0 Å². The van der Waals surface area contributed by atoms with Crippen molar-refractivity contribution in [1.29, 1.82) is 0 Å². The lowest BCUT2D eigenvalue weighted by Gasteiger charge is -2.33. The van der Waals surface area contributed by atoms with E-state index in [2.05, 4.69) is 38.6 Å². The van der Waals surface area contributed by atoms with Gasteiger partial charge >= 0.3 is 5.69 Å². The Kier molecular flexibility index (Phi) is 7.22. The van der Waals surface area contributed by atoms with Crippen molar-refractivity contribution in [3.63, 3.8) is 0 Å². The summed E-state index contributed by atoms with van der Waals surface area (Å²) >= 11 is 0. The average Bonchev–Trinajstić information content (AvgIpc) is 3.04. The van der Waals surface area contributed by atoms with Crippen molar-refractivity contribution in [2.45, 2.75) is 32.9 Å². The Hall–Kier alpha value is -2.72. The van der Waals surface area contributed by atoms with Crippen LogP contribution in [0.5, 0.6) is 0 Å². The van der Waals surface area contributed by atoms with E-state index in [9.17, 15) is 14.4 Å². The summed E-state index contributed by atoms with van der Waals surface area (Å²) in [6.07, 6.45) is 3.46. The summed E-state index contributed by atoms with van der Waals surface area (Å²) < 4.78 is 3.34. The van der Waals surface area contributed by atoms with Crippen molar-refractivity contribution in [2.24, 2.45) is 7.05 Å². The van der Waals surface area contributed by atoms with E-state index < -0.39 is 11.2 Å². The molecule has 3 heterocycles. The predicted molar refractivity (Wildman–Crippen MR) is 115 cm³/mol. The second-order valence-corrected chi connectivity index (χ2v) is 7.67. The van der Waals surface area contributed by atoms with E-state index in [1.165, 1.54) is 0 Å². The Bertz CT molecular complexity index is 1010. The molecular weight excluding hydrogens is 386 g/mol. The third kappa shape index (κ3) is 4.88. The third-order valence-corrected chi connectivity index (χ3v) is 5.48. The molecule has 1 fully saturated rings. The molecular formula is C20H31N7O3. The monoisotopic (exact) mass is 417 g/mol. The Morgan fingerprint density at radius 2 is 1.93 bits per heavy atom. The number of rotatable bonds is 9. The molecule has 0 bridgehead atoms. The molecule has 1 aliphatic heterocycles. The summed E-state index contributed by atoms with van der Waals surface area (Å²) in [4.78, 5) is 48.0. The lowest BCUT2D eigenvalue weighted by Crippen LogP contribution is -2.49. The number of nitrogens with one attached hydrogen (secondary N) is 2. The van der Waals surface area contributed by atoms with Gasteiger partial charge in [-0.2, -0.15) is 0 Å². The molecule has 0 radical (unpaired) electrons. The van der Waals surface area contributed by atoms with Crippen LogP contribution in [0, 0.1) is 0 Å². The maximum Gasteiger partial charge on any atom is 0.330 e. The van der Waals surface area contributed by atoms with E-state index in [-0.39, 0.29) is 5.91 Å². The van der Waals surface area contributed by atoms with Crippen LogP contribution in [-0.4, -0.2) is 74.1 Å². The number of piperazine rings is 1. The Labute approximate surface area is 175 Å². The van der Waals surface area contributed by atoms with Crippen molar-refractivity contribution < 1.29 is 4.79 Å². The molecule has 0 aliphatic carbocycles. The minimum Gasteiger partial charge on any atom is -0.352 e. The van der Waals surface area contributed by atoms with E-state index in [1.54, 1.807) is 15.2 Å². The number of aryl methyl sites for hydroxylation is 2. The Morgan fingerprint density at radius 3 is 2.60 bits per heavy atom. The first-order valence-corrected chi connectivity index (χ1v) is 10.4. The first kappa shape index (κ1) is 22.0. The fourth-order valence-corrected chi connectivity index (χ4v) is 3.71. The molecule has 164 valence electrons. The standard InChI is InChI=1S/C20H31N7O3/c1-4-6-8-27-18-17(19(29)23-20(27)30)24(3)15(22-18)13-25-9-11-26(12-10-25)14-16(28)21-7-5-2/h5H,2,4,6-14H2,1,3H3,(H,21,28)(H,23,29,30). The predicted octanol–water partition coefficient (Wildman–Crippen LogP) is -0.357. The fourth-order valence-electron chi connectivity index (χ4n) is 3.71. The molecule has 3 rings (SSSR count). The van der Waals surface area contributed by atoms with Crippen molar-refractivity contribution in [1.82, 2.24) is 34.2 Å². The lowest BCUT2D eigenvalue weighted by molar-refractivity contribution is -0.122. The van der Waals surface area contributed by atoms with Crippen LogP contribution in [0.25, 0.3) is 11.2 Å². The molecule has 10 nitrogen and oxygen atoms in total. The number of carbonyl (C=O) groups excluding carboxylic acids is 1. The molecule has 0 aromatic carbocycles. The molecule has 1 saturated heterocycles. The van der Waals surface area contributed by atoms with Crippen molar-refractivity contribution >= 4 is 17.1 Å². The number of fused-ring (bicyclic) bond motifs is 1. The summed E-state index contributed by atoms with van der Waals surface area (Å²) in [5.41, 5.74) is 0.0683. The van der Waals surface area contributed by atoms with Gasteiger partial charge in [0.2, 0.25) is 5.91 Å². The molecule has 10 heteroatoms. The van der Waals surface area contributed by atoms with Crippen molar-refractivity contribution in [3.05, 3.63) is 39.3 Å². The summed E-state index contributed by atoms with van der Waals surface area (Å²) in [5, 5.41) is 2.80. The van der Waals surface area contributed by atoms with E-state index in [0.717, 1.165) is 44.8 Å². The fraction of sp³-hybridized carbons (Fsp3) is 0.600. The molecule has 2 aromatic heterocycles. The highest BCUT2D eigenvalue weighted by atomic mass is 16.2. The number of hydrogen-bond acceptors (Lipinski definition) is 6. The van der Waals surface area contributed by atoms with Gasteiger partial charge in [0.1, 0.15) is 5.82 Å². The quantitative estimate of drug-likeness (QED) is 0.540.